The first-order valence-corrected chi connectivity index (χ1v) is 10.7. The zero-order valence-corrected chi connectivity index (χ0v) is 18.5. The van der Waals surface area contributed by atoms with Crippen LogP contribution in [-0.2, 0) is 7.05 Å². The summed E-state index contributed by atoms with van der Waals surface area (Å²) in [5, 5.41) is 15.6. The van der Waals surface area contributed by atoms with E-state index in [1.807, 2.05) is 24.3 Å². The first-order valence-electron chi connectivity index (χ1n) is 10.7. The number of pyridine rings is 1. The molecule has 0 saturated carbocycles. The number of nitrogens with two attached hydrogens (primary N) is 1. The Morgan fingerprint density at radius 2 is 1.88 bits per heavy atom. The molecule has 1 atom stereocenters. The van der Waals surface area contributed by atoms with Gasteiger partial charge in [0.05, 0.1) is 0 Å². The van der Waals surface area contributed by atoms with Crippen LogP contribution in [0.2, 0.25) is 0 Å². The molecule has 0 saturated heterocycles. The molecule has 8 heteroatoms. The van der Waals surface area contributed by atoms with Gasteiger partial charge in [-0.3, -0.25) is 18.9 Å². The standard InChI is InChI=1S/C24H28N6O2/c1-15(2)12-18(25)13-27-24-28-20(16-8-10-26-11-9-16)21(23(32)29(24)3)30-14-17-6-4-5-7-19(17)22(30)31/h4-11,14-15,18,31H,12-13,25H2,1-3H3,(H,27,28)/t18-/m0/s1. The van der Waals surface area contributed by atoms with E-state index in [0.29, 0.717) is 29.5 Å². The molecule has 166 valence electrons. The second-order valence-corrected chi connectivity index (χ2v) is 8.41. The lowest BCUT2D eigenvalue weighted by molar-refractivity contribution is 0.447. The van der Waals surface area contributed by atoms with Gasteiger partial charge in [0.25, 0.3) is 5.56 Å². The van der Waals surface area contributed by atoms with Crippen molar-refractivity contribution in [3.8, 4) is 22.8 Å². The number of benzene rings is 1. The van der Waals surface area contributed by atoms with E-state index in [4.69, 9.17) is 10.7 Å². The third-order valence-corrected chi connectivity index (χ3v) is 5.46. The minimum atomic E-state index is -0.289. The number of anilines is 1. The van der Waals surface area contributed by atoms with Crippen LogP contribution in [0.15, 0.2) is 59.8 Å². The van der Waals surface area contributed by atoms with Crippen LogP contribution in [0, 0.1) is 5.92 Å². The molecule has 4 rings (SSSR count). The van der Waals surface area contributed by atoms with Crippen LogP contribution in [0.5, 0.6) is 5.88 Å². The van der Waals surface area contributed by atoms with Crippen LogP contribution in [0.4, 0.5) is 5.95 Å². The summed E-state index contributed by atoms with van der Waals surface area (Å²) in [6.45, 7) is 4.74. The smallest absolute Gasteiger partial charge is 0.279 e. The van der Waals surface area contributed by atoms with E-state index >= 15 is 0 Å². The molecular weight excluding hydrogens is 404 g/mol. The topological polar surface area (TPSA) is 111 Å². The lowest BCUT2D eigenvalue weighted by atomic mass is 10.0. The quantitative estimate of drug-likeness (QED) is 0.413. The highest BCUT2D eigenvalue weighted by molar-refractivity contribution is 5.89. The average molecular weight is 433 g/mol. The molecule has 3 aromatic heterocycles. The van der Waals surface area contributed by atoms with Crippen LogP contribution < -0.4 is 16.6 Å². The van der Waals surface area contributed by atoms with Crippen LogP contribution >= 0.6 is 0 Å². The highest BCUT2D eigenvalue weighted by Crippen LogP contribution is 2.32. The van der Waals surface area contributed by atoms with Crippen molar-refractivity contribution in [1.82, 2.24) is 19.1 Å². The Bertz CT molecular complexity index is 1290. The zero-order chi connectivity index (χ0) is 22.8. The summed E-state index contributed by atoms with van der Waals surface area (Å²) in [6.07, 6.45) is 5.91. The van der Waals surface area contributed by atoms with E-state index in [-0.39, 0.29) is 23.2 Å². The number of fused-ring (bicyclic) bond motifs is 1. The van der Waals surface area contributed by atoms with E-state index in [2.05, 4.69) is 24.1 Å². The van der Waals surface area contributed by atoms with Crippen LogP contribution in [0.25, 0.3) is 27.7 Å². The second-order valence-electron chi connectivity index (χ2n) is 8.41. The summed E-state index contributed by atoms with van der Waals surface area (Å²) in [5.41, 5.74) is 7.37. The van der Waals surface area contributed by atoms with Gasteiger partial charge in [-0.15, -0.1) is 0 Å². The van der Waals surface area contributed by atoms with Gasteiger partial charge in [0, 0.05) is 54.6 Å². The Morgan fingerprint density at radius 1 is 1.16 bits per heavy atom. The monoisotopic (exact) mass is 432 g/mol. The summed E-state index contributed by atoms with van der Waals surface area (Å²) >= 11 is 0. The number of nitrogens with one attached hydrogen (secondary N) is 1. The Labute approximate surface area is 186 Å². The van der Waals surface area contributed by atoms with Crippen LogP contribution in [0.1, 0.15) is 20.3 Å². The van der Waals surface area contributed by atoms with E-state index in [1.54, 1.807) is 37.8 Å². The fourth-order valence-corrected chi connectivity index (χ4v) is 3.90. The first kappa shape index (κ1) is 21.6. The number of nitrogens with zero attached hydrogens (tertiary/aromatic N) is 4. The molecule has 0 spiro atoms. The van der Waals surface area contributed by atoms with Gasteiger partial charge in [0.2, 0.25) is 11.8 Å². The summed E-state index contributed by atoms with van der Waals surface area (Å²) in [6, 6.07) is 11.0. The molecule has 4 aromatic rings. The minimum Gasteiger partial charge on any atom is -0.494 e. The average Bonchev–Trinajstić information content (AvgIpc) is 3.11. The molecule has 0 fully saturated rings. The van der Waals surface area contributed by atoms with E-state index in [9.17, 15) is 9.90 Å². The lowest BCUT2D eigenvalue weighted by Gasteiger charge is -2.19. The van der Waals surface area contributed by atoms with Crippen molar-refractivity contribution >= 4 is 16.7 Å². The van der Waals surface area contributed by atoms with Crippen molar-refractivity contribution in [2.24, 2.45) is 18.7 Å². The lowest BCUT2D eigenvalue weighted by Crippen LogP contribution is -2.33. The first-order chi connectivity index (χ1) is 15.4. The number of aromatic nitrogens is 4. The van der Waals surface area contributed by atoms with Gasteiger partial charge in [-0.05, 0) is 30.5 Å². The minimum absolute atomic E-state index is 0.00512. The third kappa shape index (κ3) is 4.09. The van der Waals surface area contributed by atoms with Gasteiger partial charge in [0.15, 0.2) is 0 Å². The van der Waals surface area contributed by atoms with Gasteiger partial charge in [0.1, 0.15) is 11.4 Å². The number of aromatic hydroxyl groups is 1. The predicted molar refractivity (Wildman–Crippen MR) is 127 cm³/mol. The molecule has 0 bridgehead atoms. The van der Waals surface area contributed by atoms with Crippen molar-refractivity contribution in [2.75, 3.05) is 11.9 Å². The fraction of sp³-hybridized carbons (Fsp3) is 0.292. The molecule has 8 nitrogen and oxygen atoms in total. The number of hydrogen-bond acceptors (Lipinski definition) is 6. The molecule has 0 radical (unpaired) electrons. The fourth-order valence-electron chi connectivity index (χ4n) is 3.90. The van der Waals surface area contributed by atoms with E-state index in [0.717, 1.165) is 17.4 Å². The maximum absolute atomic E-state index is 13.5. The number of rotatable bonds is 7. The van der Waals surface area contributed by atoms with Crippen molar-refractivity contribution in [2.45, 2.75) is 26.3 Å². The maximum Gasteiger partial charge on any atom is 0.279 e. The van der Waals surface area contributed by atoms with Crippen LogP contribution in [0.3, 0.4) is 0 Å². The molecule has 0 unspecified atom stereocenters. The van der Waals surface area contributed by atoms with Crippen molar-refractivity contribution in [1.29, 1.82) is 0 Å². The summed E-state index contributed by atoms with van der Waals surface area (Å²) in [7, 11) is 1.66. The van der Waals surface area contributed by atoms with E-state index in [1.165, 1.54) is 9.13 Å². The zero-order valence-electron chi connectivity index (χ0n) is 18.5. The van der Waals surface area contributed by atoms with Gasteiger partial charge in [-0.1, -0.05) is 32.0 Å². The van der Waals surface area contributed by atoms with Gasteiger partial charge < -0.3 is 16.2 Å². The molecule has 0 amide bonds. The second kappa shape index (κ2) is 8.84. The highest BCUT2D eigenvalue weighted by Gasteiger charge is 2.21. The molecule has 0 aliphatic heterocycles. The molecule has 3 heterocycles. The van der Waals surface area contributed by atoms with Crippen LogP contribution in [-0.4, -0.2) is 36.8 Å². The Hall–Kier alpha value is -3.65. The van der Waals surface area contributed by atoms with Gasteiger partial charge >= 0.3 is 0 Å². The summed E-state index contributed by atoms with van der Waals surface area (Å²) in [5.74, 6) is 0.889. The largest absolute Gasteiger partial charge is 0.494 e. The normalized spacial score (nSPS) is 12.4. The van der Waals surface area contributed by atoms with Crippen molar-refractivity contribution < 1.29 is 5.11 Å². The Balaban J connectivity index is 1.87. The summed E-state index contributed by atoms with van der Waals surface area (Å²) < 4.78 is 2.95. The Morgan fingerprint density at radius 3 is 2.56 bits per heavy atom. The molecular formula is C24H28N6O2. The summed E-state index contributed by atoms with van der Waals surface area (Å²) in [4.78, 5) is 22.4. The third-order valence-electron chi connectivity index (χ3n) is 5.46. The maximum atomic E-state index is 13.5. The van der Waals surface area contributed by atoms with E-state index < -0.39 is 0 Å². The Kier molecular flexibility index (Phi) is 5.96. The molecule has 32 heavy (non-hydrogen) atoms. The van der Waals surface area contributed by atoms with Crippen molar-refractivity contribution in [3.63, 3.8) is 0 Å². The molecule has 1 aromatic carbocycles. The van der Waals surface area contributed by atoms with Gasteiger partial charge in [-0.2, -0.15) is 0 Å². The molecule has 0 aliphatic carbocycles. The predicted octanol–water partition coefficient (Wildman–Crippen LogP) is 3.28. The SMILES string of the molecule is CC(C)C[C@H](N)CNc1nc(-c2ccncc2)c(-n2cc3ccccc3c2O)c(=O)n1C. The van der Waals surface area contributed by atoms with Crippen molar-refractivity contribution in [3.05, 3.63) is 65.3 Å². The number of hydrogen-bond donors (Lipinski definition) is 3. The van der Waals surface area contributed by atoms with Gasteiger partial charge in [-0.25, -0.2) is 4.98 Å². The molecule has 4 N–H and O–H groups in total. The molecule has 0 aliphatic rings. The highest BCUT2D eigenvalue weighted by atomic mass is 16.3.